The molecule has 3 amide bonds. The summed E-state index contributed by atoms with van der Waals surface area (Å²) in [6.45, 7) is 0.316. The number of fused-ring (bicyclic) bond motifs is 1. The van der Waals surface area contributed by atoms with E-state index < -0.39 is 53.9 Å². The third-order valence-electron chi connectivity index (χ3n) is 8.47. The first kappa shape index (κ1) is 32.1. The standard InChI is InChI=1S/C30H35F4N5O4/c1-28(2,26(35)42)23(9-8-20-7-6-19(15-31)13-21(20)16-40)25(41)38-12-10-24-29(17-38,14-22-5-3-4-11-36-22)27(43)39(37-24)18-30(32,33)34/h3-7,11,13,23,40H,8-10,12,14-18H2,1-2H3,(H2,35,42)/t23-,29+/m0/s1. The number of alkyl halides is 4. The Balaban J connectivity index is 1.66. The summed E-state index contributed by atoms with van der Waals surface area (Å²) >= 11 is 0. The van der Waals surface area contributed by atoms with E-state index in [4.69, 9.17) is 5.73 Å². The highest BCUT2D eigenvalue weighted by Crippen LogP contribution is 2.41. The van der Waals surface area contributed by atoms with Gasteiger partial charge in [0, 0.05) is 37.8 Å². The maximum Gasteiger partial charge on any atom is 0.408 e. The van der Waals surface area contributed by atoms with E-state index in [1.54, 1.807) is 44.2 Å². The van der Waals surface area contributed by atoms with E-state index in [0.29, 0.717) is 27.4 Å². The number of nitrogens with zero attached hydrogens (tertiary/aromatic N) is 4. The second-order valence-electron chi connectivity index (χ2n) is 11.7. The third kappa shape index (κ3) is 6.71. The first-order valence-electron chi connectivity index (χ1n) is 13.9. The Labute approximate surface area is 246 Å². The van der Waals surface area contributed by atoms with Crippen LogP contribution in [0.3, 0.4) is 0 Å². The summed E-state index contributed by atoms with van der Waals surface area (Å²) in [4.78, 5) is 46.1. The number of aliphatic hydroxyl groups excluding tert-OH is 1. The molecule has 1 fully saturated rings. The van der Waals surface area contributed by atoms with E-state index in [1.165, 1.54) is 17.2 Å². The predicted octanol–water partition coefficient (Wildman–Crippen LogP) is 3.33. The number of likely N-dealkylation sites (tertiary alicyclic amines) is 1. The van der Waals surface area contributed by atoms with Crippen molar-refractivity contribution in [3.8, 4) is 0 Å². The highest BCUT2D eigenvalue weighted by molar-refractivity contribution is 6.13. The summed E-state index contributed by atoms with van der Waals surface area (Å²) in [5.41, 5.74) is 5.10. The number of primary amides is 1. The lowest BCUT2D eigenvalue weighted by Crippen LogP contribution is -2.58. The van der Waals surface area contributed by atoms with Crippen LogP contribution in [0, 0.1) is 16.7 Å². The van der Waals surface area contributed by atoms with Gasteiger partial charge in [0.25, 0.3) is 5.91 Å². The number of carbonyl (C=O) groups is 3. The number of hydrogen-bond acceptors (Lipinski definition) is 6. The van der Waals surface area contributed by atoms with E-state index in [0.717, 1.165) is 0 Å². The van der Waals surface area contributed by atoms with Crippen LogP contribution in [0.5, 0.6) is 0 Å². The van der Waals surface area contributed by atoms with Crippen molar-refractivity contribution in [1.82, 2.24) is 14.9 Å². The molecular formula is C30H35F4N5O4. The van der Waals surface area contributed by atoms with E-state index >= 15 is 0 Å². The molecule has 0 spiro atoms. The Morgan fingerprint density at radius 1 is 1.16 bits per heavy atom. The van der Waals surface area contributed by atoms with Crippen molar-refractivity contribution in [2.45, 2.75) is 59.0 Å². The molecule has 1 aromatic carbocycles. The lowest BCUT2D eigenvalue weighted by Gasteiger charge is -2.42. The lowest BCUT2D eigenvalue weighted by molar-refractivity contribution is -0.164. The van der Waals surface area contributed by atoms with Gasteiger partial charge in [-0.3, -0.25) is 19.4 Å². The Kier molecular flexibility index (Phi) is 9.24. The highest BCUT2D eigenvalue weighted by atomic mass is 19.4. The number of rotatable bonds is 11. The fraction of sp³-hybridized carbons (Fsp3) is 0.500. The quantitative estimate of drug-likeness (QED) is 0.380. The van der Waals surface area contributed by atoms with Gasteiger partial charge in [-0.15, -0.1) is 0 Å². The van der Waals surface area contributed by atoms with Gasteiger partial charge in [0.1, 0.15) is 18.6 Å². The maximum atomic E-state index is 14.2. The largest absolute Gasteiger partial charge is 0.408 e. The molecule has 0 radical (unpaired) electrons. The van der Waals surface area contributed by atoms with Gasteiger partial charge in [-0.25, -0.2) is 9.40 Å². The Hall–Kier alpha value is -3.87. The van der Waals surface area contributed by atoms with E-state index in [-0.39, 0.29) is 51.1 Å². The molecule has 0 aliphatic carbocycles. The predicted molar refractivity (Wildman–Crippen MR) is 149 cm³/mol. The van der Waals surface area contributed by atoms with Crippen LogP contribution in [0.2, 0.25) is 0 Å². The van der Waals surface area contributed by atoms with Gasteiger partial charge in [0.05, 0.1) is 23.7 Å². The van der Waals surface area contributed by atoms with Gasteiger partial charge in [-0.1, -0.05) is 38.1 Å². The number of benzene rings is 1. The fourth-order valence-corrected chi connectivity index (χ4v) is 5.90. The minimum absolute atomic E-state index is 0.0573. The van der Waals surface area contributed by atoms with Gasteiger partial charge >= 0.3 is 6.18 Å². The SMILES string of the molecule is CC(C)(C(N)=O)[C@@H](CCc1ccc(CF)cc1CO)C(=O)N1CCC2=NN(CC(F)(F)F)C(=O)[C@]2(Cc2ccccn2)C1. The van der Waals surface area contributed by atoms with Crippen LogP contribution < -0.4 is 5.73 Å². The summed E-state index contributed by atoms with van der Waals surface area (Å²) in [5, 5.41) is 14.3. The summed E-state index contributed by atoms with van der Waals surface area (Å²) in [6, 6.07) is 9.80. The first-order chi connectivity index (χ1) is 20.2. The van der Waals surface area contributed by atoms with Gasteiger partial charge in [-0.05, 0) is 41.7 Å². The first-order valence-corrected chi connectivity index (χ1v) is 13.9. The van der Waals surface area contributed by atoms with Crippen molar-refractivity contribution >= 4 is 23.4 Å². The number of pyridine rings is 1. The van der Waals surface area contributed by atoms with Gasteiger partial charge in [-0.2, -0.15) is 18.3 Å². The molecule has 232 valence electrons. The molecule has 0 bridgehead atoms. The number of carbonyl (C=O) groups excluding carboxylic acids is 3. The lowest BCUT2D eigenvalue weighted by atomic mass is 9.71. The molecule has 3 N–H and O–H groups in total. The number of amides is 3. The number of aryl methyl sites for hydroxylation is 1. The molecular weight excluding hydrogens is 570 g/mol. The molecule has 3 heterocycles. The van der Waals surface area contributed by atoms with Crippen LogP contribution in [0.15, 0.2) is 47.7 Å². The van der Waals surface area contributed by atoms with E-state index in [1.807, 2.05) is 0 Å². The topological polar surface area (TPSA) is 129 Å². The molecule has 9 nitrogen and oxygen atoms in total. The van der Waals surface area contributed by atoms with Gasteiger partial charge < -0.3 is 15.7 Å². The molecule has 13 heteroatoms. The van der Waals surface area contributed by atoms with Crippen LogP contribution in [0.1, 0.15) is 49.1 Å². The zero-order valence-electron chi connectivity index (χ0n) is 24.0. The summed E-state index contributed by atoms with van der Waals surface area (Å²) in [5.74, 6) is -3.03. The number of hydrazone groups is 1. The van der Waals surface area contributed by atoms with Crippen molar-refractivity contribution in [1.29, 1.82) is 0 Å². The van der Waals surface area contributed by atoms with Gasteiger partial charge in [0.15, 0.2) is 0 Å². The Morgan fingerprint density at radius 2 is 1.91 bits per heavy atom. The van der Waals surface area contributed by atoms with Crippen molar-refractivity contribution in [2.24, 2.45) is 27.6 Å². The Morgan fingerprint density at radius 3 is 2.51 bits per heavy atom. The monoisotopic (exact) mass is 605 g/mol. The maximum absolute atomic E-state index is 14.2. The van der Waals surface area contributed by atoms with E-state index in [2.05, 4.69) is 10.1 Å². The molecule has 43 heavy (non-hydrogen) atoms. The third-order valence-corrected chi connectivity index (χ3v) is 8.47. The molecule has 2 aliphatic rings. The summed E-state index contributed by atoms with van der Waals surface area (Å²) in [7, 11) is 0. The minimum Gasteiger partial charge on any atom is -0.392 e. The van der Waals surface area contributed by atoms with Crippen LogP contribution in [-0.2, 0) is 40.5 Å². The molecule has 2 aromatic rings. The van der Waals surface area contributed by atoms with Crippen LogP contribution in [-0.4, -0.2) is 69.2 Å². The zero-order valence-corrected chi connectivity index (χ0v) is 24.0. The summed E-state index contributed by atoms with van der Waals surface area (Å²) < 4.78 is 53.2. The van der Waals surface area contributed by atoms with Crippen molar-refractivity contribution < 1.29 is 37.1 Å². The average molecular weight is 606 g/mol. The molecule has 0 saturated carbocycles. The number of hydrogen-bond donors (Lipinski definition) is 2. The number of halogens is 4. The second-order valence-corrected chi connectivity index (χ2v) is 11.7. The zero-order chi connectivity index (χ0) is 31.6. The number of aliphatic hydroxyl groups is 1. The van der Waals surface area contributed by atoms with Gasteiger partial charge in [0.2, 0.25) is 11.8 Å². The normalized spacial score (nSPS) is 19.7. The number of piperidine rings is 1. The molecule has 1 aromatic heterocycles. The smallest absolute Gasteiger partial charge is 0.392 e. The van der Waals surface area contributed by atoms with E-state index in [9.17, 15) is 37.1 Å². The summed E-state index contributed by atoms with van der Waals surface area (Å²) in [6.07, 6.45) is -2.78. The molecule has 2 atom stereocenters. The minimum atomic E-state index is -4.68. The molecule has 4 rings (SSSR count). The fourth-order valence-electron chi connectivity index (χ4n) is 5.90. The highest BCUT2D eigenvalue weighted by Gasteiger charge is 2.57. The van der Waals surface area contributed by atoms with Crippen LogP contribution in [0.25, 0.3) is 0 Å². The van der Waals surface area contributed by atoms with Crippen molar-refractivity contribution in [3.05, 3.63) is 65.0 Å². The number of nitrogens with two attached hydrogens (primary N) is 1. The Bertz CT molecular complexity index is 1400. The molecule has 0 unspecified atom stereocenters. The number of aromatic nitrogens is 1. The van der Waals surface area contributed by atoms with Crippen molar-refractivity contribution in [2.75, 3.05) is 19.6 Å². The molecule has 1 saturated heterocycles. The second kappa shape index (κ2) is 12.4. The van der Waals surface area contributed by atoms with Crippen molar-refractivity contribution in [3.63, 3.8) is 0 Å². The van der Waals surface area contributed by atoms with Crippen LogP contribution in [0.4, 0.5) is 17.6 Å². The average Bonchev–Trinajstić information content (AvgIpc) is 3.21. The van der Waals surface area contributed by atoms with Crippen LogP contribution >= 0.6 is 0 Å². The molecule has 2 aliphatic heterocycles.